The fourth-order valence-corrected chi connectivity index (χ4v) is 5.98. The molecule has 0 fully saturated rings. The van der Waals surface area contributed by atoms with Gasteiger partial charge < -0.3 is 10.1 Å². The molecular formula is C25H26Cl2N2O4S2. The van der Waals surface area contributed by atoms with Crippen molar-refractivity contribution in [3.8, 4) is 5.75 Å². The van der Waals surface area contributed by atoms with E-state index >= 15 is 0 Å². The predicted octanol–water partition coefficient (Wildman–Crippen LogP) is 5.56. The Balaban J connectivity index is 1.73. The lowest BCUT2D eigenvalue weighted by molar-refractivity contribution is -0.119. The number of hydrogen-bond donors (Lipinski definition) is 1. The highest BCUT2D eigenvalue weighted by molar-refractivity contribution is 7.98. The minimum absolute atomic E-state index is 0.0632. The number of halogens is 2. The molecule has 3 rings (SSSR count). The summed E-state index contributed by atoms with van der Waals surface area (Å²) >= 11 is 14.0. The van der Waals surface area contributed by atoms with Crippen molar-refractivity contribution >= 4 is 56.6 Å². The summed E-state index contributed by atoms with van der Waals surface area (Å²) in [6, 6.07) is 18.7. The van der Waals surface area contributed by atoms with Crippen LogP contribution in [0.15, 0.2) is 71.6 Å². The number of nitrogens with zero attached hydrogens (tertiary/aromatic N) is 1. The minimum atomic E-state index is -4.08. The number of thioether (sulfide) groups is 1. The Morgan fingerprint density at radius 1 is 1.06 bits per heavy atom. The van der Waals surface area contributed by atoms with E-state index in [0.29, 0.717) is 28.1 Å². The van der Waals surface area contributed by atoms with E-state index in [-0.39, 0.29) is 16.3 Å². The van der Waals surface area contributed by atoms with Gasteiger partial charge in [-0.2, -0.15) is 11.8 Å². The van der Waals surface area contributed by atoms with Crippen LogP contribution in [0.4, 0.5) is 5.69 Å². The molecular weight excluding hydrogens is 527 g/mol. The first kappa shape index (κ1) is 27.2. The number of benzene rings is 3. The zero-order chi connectivity index (χ0) is 25.4. The second kappa shape index (κ2) is 12.5. The van der Waals surface area contributed by atoms with Crippen molar-refractivity contribution in [1.82, 2.24) is 5.32 Å². The molecule has 0 bridgehead atoms. The van der Waals surface area contributed by atoms with Gasteiger partial charge in [-0.3, -0.25) is 9.10 Å². The standard InChI is InChI=1S/C25H26Cl2N2O4S2/c1-18-7-10-21(11-8-18)35(31,32)29(23-15-20(26)9-12-24(23)33-2)16-25(30)28-13-14-34-17-19-5-3-4-6-22(19)27/h3-12,15H,13-14,16-17H2,1-2H3,(H,28,30). The Hall–Kier alpha value is -2.39. The van der Waals surface area contributed by atoms with E-state index in [1.165, 1.54) is 25.3 Å². The number of rotatable bonds is 11. The van der Waals surface area contributed by atoms with Crippen LogP contribution in [-0.2, 0) is 20.6 Å². The van der Waals surface area contributed by atoms with E-state index in [1.54, 1.807) is 36.0 Å². The topological polar surface area (TPSA) is 75.7 Å². The zero-order valence-corrected chi connectivity index (χ0v) is 22.5. The molecule has 0 aliphatic rings. The molecule has 0 unspecified atom stereocenters. The molecule has 0 heterocycles. The molecule has 6 nitrogen and oxygen atoms in total. The molecule has 35 heavy (non-hydrogen) atoms. The van der Waals surface area contributed by atoms with Crippen molar-refractivity contribution in [1.29, 1.82) is 0 Å². The quantitative estimate of drug-likeness (QED) is 0.315. The maximum atomic E-state index is 13.6. The molecule has 1 amide bonds. The average molecular weight is 554 g/mol. The summed E-state index contributed by atoms with van der Waals surface area (Å²) in [6.07, 6.45) is 0. The first-order valence-electron chi connectivity index (χ1n) is 10.7. The van der Waals surface area contributed by atoms with Crippen molar-refractivity contribution in [2.45, 2.75) is 17.6 Å². The van der Waals surface area contributed by atoms with Crippen molar-refractivity contribution in [3.05, 3.63) is 87.9 Å². The van der Waals surface area contributed by atoms with E-state index in [0.717, 1.165) is 15.4 Å². The van der Waals surface area contributed by atoms with E-state index in [1.807, 2.05) is 31.2 Å². The number of carbonyl (C=O) groups excluding carboxylic acids is 1. The number of aryl methyl sites for hydroxylation is 1. The summed E-state index contributed by atoms with van der Waals surface area (Å²) in [5, 5.41) is 3.82. The van der Waals surface area contributed by atoms with Crippen molar-refractivity contribution < 1.29 is 17.9 Å². The van der Waals surface area contributed by atoms with Gasteiger partial charge in [-0.15, -0.1) is 0 Å². The fraction of sp³-hybridized carbons (Fsp3) is 0.240. The highest BCUT2D eigenvalue weighted by atomic mass is 35.5. The SMILES string of the molecule is COc1ccc(Cl)cc1N(CC(=O)NCCSCc1ccccc1Cl)S(=O)(=O)c1ccc(C)cc1. The number of methoxy groups -OCH3 is 1. The average Bonchev–Trinajstić information content (AvgIpc) is 2.83. The zero-order valence-electron chi connectivity index (χ0n) is 19.3. The van der Waals surface area contributed by atoms with Crippen LogP contribution in [0, 0.1) is 6.92 Å². The molecule has 3 aromatic rings. The molecule has 0 radical (unpaired) electrons. The van der Waals surface area contributed by atoms with Gasteiger partial charge in [-0.25, -0.2) is 8.42 Å². The van der Waals surface area contributed by atoms with Crippen molar-refractivity contribution in [2.75, 3.05) is 30.3 Å². The molecule has 0 spiro atoms. The highest BCUT2D eigenvalue weighted by Crippen LogP contribution is 2.34. The molecule has 186 valence electrons. The van der Waals surface area contributed by atoms with Crippen LogP contribution in [0.1, 0.15) is 11.1 Å². The van der Waals surface area contributed by atoms with Crippen LogP contribution < -0.4 is 14.4 Å². The number of amides is 1. The van der Waals surface area contributed by atoms with Crippen molar-refractivity contribution in [2.24, 2.45) is 0 Å². The molecule has 0 aliphatic carbocycles. The molecule has 0 atom stereocenters. The van der Waals surface area contributed by atoms with Gasteiger partial charge in [0.05, 0.1) is 17.7 Å². The lowest BCUT2D eigenvalue weighted by Gasteiger charge is -2.26. The third-order valence-electron chi connectivity index (χ3n) is 5.09. The third-order valence-corrected chi connectivity index (χ3v) is 8.48. The van der Waals surface area contributed by atoms with E-state index in [4.69, 9.17) is 27.9 Å². The highest BCUT2D eigenvalue weighted by Gasteiger charge is 2.29. The molecule has 10 heteroatoms. The largest absolute Gasteiger partial charge is 0.495 e. The van der Waals surface area contributed by atoms with Gasteiger partial charge in [-0.1, -0.05) is 59.1 Å². The Morgan fingerprint density at radius 2 is 1.77 bits per heavy atom. The Morgan fingerprint density at radius 3 is 2.46 bits per heavy atom. The lowest BCUT2D eigenvalue weighted by Crippen LogP contribution is -2.41. The molecule has 1 N–H and O–H groups in total. The number of anilines is 1. The van der Waals surface area contributed by atoms with E-state index in [9.17, 15) is 13.2 Å². The predicted molar refractivity (Wildman–Crippen MR) is 144 cm³/mol. The summed E-state index contributed by atoms with van der Waals surface area (Å²) in [5.74, 6) is 1.19. The molecule has 0 saturated heterocycles. The first-order chi connectivity index (χ1) is 16.7. The van der Waals surface area contributed by atoms with Crippen LogP contribution in [-0.4, -0.2) is 40.3 Å². The monoisotopic (exact) mass is 552 g/mol. The van der Waals surface area contributed by atoms with Gasteiger partial charge in [0.25, 0.3) is 10.0 Å². The number of hydrogen-bond acceptors (Lipinski definition) is 5. The third kappa shape index (κ3) is 7.30. The second-order valence-corrected chi connectivity index (χ2v) is 11.4. The minimum Gasteiger partial charge on any atom is -0.495 e. The molecule has 0 aromatic heterocycles. The van der Waals surface area contributed by atoms with Crippen LogP contribution in [0.3, 0.4) is 0 Å². The van der Waals surface area contributed by atoms with Crippen molar-refractivity contribution in [3.63, 3.8) is 0 Å². The summed E-state index contributed by atoms with van der Waals surface area (Å²) in [7, 11) is -2.65. The van der Waals surface area contributed by atoms with Gasteiger partial charge >= 0.3 is 0 Å². The fourth-order valence-electron chi connectivity index (χ4n) is 3.24. The molecule has 3 aromatic carbocycles. The van der Waals surface area contributed by atoms with E-state index < -0.39 is 22.5 Å². The van der Waals surface area contributed by atoms with Gasteiger partial charge in [0.2, 0.25) is 5.91 Å². The summed E-state index contributed by atoms with van der Waals surface area (Å²) in [6.45, 7) is 1.81. The summed E-state index contributed by atoms with van der Waals surface area (Å²) in [4.78, 5) is 12.9. The lowest BCUT2D eigenvalue weighted by atomic mass is 10.2. The Kier molecular flexibility index (Phi) is 9.74. The van der Waals surface area contributed by atoms with Crippen LogP contribution in [0.5, 0.6) is 5.75 Å². The number of carbonyl (C=O) groups is 1. The van der Waals surface area contributed by atoms with E-state index in [2.05, 4.69) is 5.32 Å². The van der Waals surface area contributed by atoms with Crippen LogP contribution >= 0.6 is 35.0 Å². The maximum absolute atomic E-state index is 13.6. The second-order valence-electron chi connectivity index (χ2n) is 7.63. The number of nitrogens with one attached hydrogen (secondary N) is 1. The molecule has 0 aliphatic heterocycles. The smallest absolute Gasteiger partial charge is 0.264 e. The Labute approximate surface area is 220 Å². The first-order valence-corrected chi connectivity index (χ1v) is 14.1. The normalized spacial score (nSPS) is 11.2. The maximum Gasteiger partial charge on any atom is 0.264 e. The van der Waals surface area contributed by atoms with Gasteiger partial charge in [-0.05, 0) is 48.9 Å². The molecule has 0 saturated carbocycles. The van der Waals surface area contributed by atoms with Gasteiger partial charge in [0, 0.05) is 28.1 Å². The number of sulfonamides is 1. The summed E-state index contributed by atoms with van der Waals surface area (Å²) in [5.41, 5.74) is 2.13. The van der Waals surface area contributed by atoms with Gasteiger partial charge in [0.15, 0.2) is 0 Å². The Bertz CT molecular complexity index is 1270. The van der Waals surface area contributed by atoms with Gasteiger partial charge in [0.1, 0.15) is 12.3 Å². The van der Waals surface area contributed by atoms with Crippen LogP contribution in [0.25, 0.3) is 0 Å². The number of ether oxygens (including phenoxy) is 1. The summed E-state index contributed by atoms with van der Waals surface area (Å²) < 4.78 is 33.5. The van der Waals surface area contributed by atoms with Crippen LogP contribution in [0.2, 0.25) is 10.0 Å².